The minimum absolute atomic E-state index is 0. The van der Waals surface area contributed by atoms with Gasteiger partial charge in [-0.25, -0.2) is 0 Å². The maximum absolute atomic E-state index is 3.79. The zero-order valence-electron chi connectivity index (χ0n) is 3.11. The van der Waals surface area contributed by atoms with Crippen LogP contribution in [0.5, 0.6) is 0 Å². The molecule has 0 unspecified atom stereocenters. The molecular weight excluding hydrogens is 172 g/mol. The zero-order chi connectivity index (χ0) is 3.54. The molecule has 1 rings (SSSR count). The van der Waals surface area contributed by atoms with Crippen molar-refractivity contribution in [3.8, 4) is 0 Å². The maximum Gasteiger partial charge on any atom is 1.00 e. The molecule has 3 heteroatoms. The molecule has 0 fully saturated rings. The van der Waals surface area contributed by atoms with Crippen molar-refractivity contribution in [1.82, 2.24) is 5.32 Å². The van der Waals surface area contributed by atoms with E-state index in [-0.39, 0.29) is 22.4 Å². The van der Waals surface area contributed by atoms with E-state index in [4.69, 9.17) is 0 Å². The summed E-state index contributed by atoms with van der Waals surface area (Å²) in [6.45, 7) is 0.764. The molecule has 0 saturated carbocycles. The van der Waals surface area contributed by atoms with E-state index in [1.807, 2.05) is 6.20 Å². The van der Waals surface area contributed by atoms with Gasteiger partial charge in [-0.2, -0.15) is 6.20 Å². The van der Waals surface area contributed by atoms with E-state index in [1.165, 1.54) is 0 Å². The van der Waals surface area contributed by atoms with Crippen LogP contribution in [-0.2, 0) is 22.4 Å². The molecule has 1 aliphatic rings. The third-order valence-corrected chi connectivity index (χ3v) is 0.480. The molecule has 0 saturated heterocycles. The van der Waals surface area contributed by atoms with Crippen molar-refractivity contribution >= 4 is 0 Å². The molecule has 0 radical (unpaired) electrons. The van der Waals surface area contributed by atoms with Crippen molar-refractivity contribution in [2.75, 3.05) is 6.67 Å². The minimum atomic E-state index is 0. The van der Waals surface area contributed by atoms with Gasteiger partial charge in [0.1, 0.15) is 0 Å². The fraction of sp³-hybridized carbons (Fsp3) is 0.333. The van der Waals surface area contributed by atoms with E-state index in [2.05, 4.69) is 10.6 Å². The third kappa shape index (κ3) is 1.50. The van der Waals surface area contributed by atoms with Gasteiger partial charge < -0.3 is 10.6 Å². The first-order valence-electron chi connectivity index (χ1n) is 1.55. The SMILES string of the molecule is C1=CNC[N-]1.[Ag+]. The Kier molecular flexibility index (Phi) is 3.32. The Bertz CT molecular complexity index is 46.8. The Balaban J connectivity index is 0.000000250. The molecule has 1 heterocycles. The van der Waals surface area contributed by atoms with E-state index in [0.29, 0.717) is 0 Å². The first-order valence-corrected chi connectivity index (χ1v) is 1.55. The number of nitrogens with zero attached hydrogens (tertiary/aromatic N) is 1. The average Bonchev–Trinajstić information content (AvgIpc) is 1.76. The summed E-state index contributed by atoms with van der Waals surface area (Å²) in [6, 6.07) is 0. The van der Waals surface area contributed by atoms with Gasteiger partial charge in [-0.3, -0.25) is 0 Å². The summed E-state index contributed by atoms with van der Waals surface area (Å²) >= 11 is 0. The predicted molar refractivity (Wildman–Crippen MR) is 20.5 cm³/mol. The zero-order valence-corrected chi connectivity index (χ0v) is 4.59. The molecule has 0 aromatic rings. The smallest absolute Gasteiger partial charge is 0.673 e. The van der Waals surface area contributed by atoms with E-state index in [0.717, 1.165) is 6.67 Å². The third-order valence-electron chi connectivity index (χ3n) is 0.480. The van der Waals surface area contributed by atoms with Crippen LogP contribution in [0.3, 0.4) is 0 Å². The summed E-state index contributed by atoms with van der Waals surface area (Å²) in [5, 5.41) is 6.67. The van der Waals surface area contributed by atoms with Crippen LogP contribution in [-0.4, -0.2) is 6.67 Å². The Hall–Kier alpha value is 0.0803. The molecule has 2 nitrogen and oxygen atoms in total. The molecule has 38 valence electrons. The van der Waals surface area contributed by atoms with Crippen molar-refractivity contribution in [3.63, 3.8) is 0 Å². The first-order chi connectivity index (χ1) is 2.50. The summed E-state index contributed by atoms with van der Waals surface area (Å²) in [7, 11) is 0. The molecule has 0 aromatic heterocycles. The molecule has 6 heavy (non-hydrogen) atoms. The van der Waals surface area contributed by atoms with Gasteiger partial charge >= 0.3 is 22.4 Å². The van der Waals surface area contributed by atoms with Crippen LogP contribution in [0.15, 0.2) is 12.4 Å². The van der Waals surface area contributed by atoms with Gasteiger partial charge in [0.05, 0.1) is 0 Å². The fourth-order valence-corrected chi connectivity index (χ4v) is 0.264. The van der Waals surface area contributed by atoms with Crippen LogP contribution in [0.4, 0.5) is 0 Å². The summed E-state index contributed by atoms with van der Waals surface area (Å²) in [5.41, 5.74) is 0. The largest absolute Gasteiger partial charge is 1.00 e. The van der Waals surface area contributed by atoms with Crippen LogP contribution >= 0.6 is 0 Å². The van der Waals surface area contributed by atoms with Gasteiger partial charge in [-0.1, -0.05) is 6.67 Å². The van der Waals surface area contributed by atoms with Crippen LogP contribution in [0.25, 0.3) is 5.32 Å². The van der Waals surface area contributed by atoms with Crippen LogP contribution in [0.1, 0.15) is 0 Å². The molecular formula is C3H5AgN2. The monoisotopic (exact) mass is 176 g/mol. The second kappa shape index (κ2) is 3.28. The Labute approximate surface area is 52.5 Å². The van der Waals surface area contributed by atoms with Crippen molar-refractivity contribution in [2.24, 2.45) is 0 Å². The summed E-state index contributed by atoms with van der Waals surface area (Å²) in [4.78, 5) is 0. The van der Waals surface area contributed by atoms with E-state index in [1.54, 1.807) is 6.20 Å². The predicted octanol–water partition coefficient (Wildman–Crippen LogP) is 0.390. The number of rotatable bonds is 0. The standard InChI is InChI=1S/C3H5N2.Ag/c1-2-5-3-4-1;/h1-2,4H,3H2;/q-1;+1. The molecule has 1 N–H and O–H groups in total. The molecule has 0 atom stereocenters. The average molecular weight is 177 g/mol. The van der Waals surface area contributed by atoms with Gasteiger partial charge in [0.2, 0.25) is 0 Å². The Morgan fingerprint density at radius 3 is 2.67 bits per heavy atom. The molecule has 0 spiro atoms. The number of hydrogen-bond acceptors (Lipinski definition) is 1. The van der Waals surface area contributed by atoms with Crippen LogP contribution in [0, 0.1) is 0 Å². The molecule has 1 aliphatic heterocycles. The first kappa shape index (κ1) is 6.08. The van der Waals surface area contributed by atoms with Crippen molar-refractivity contribution < 1.29 is 22.4 Å². The summed E-state index contributed by atoms with van der Waals surface area (Å²) in [6.07, 6.45) is 3.57. The van der Waals surface area contributed by atoms with Gasteiger partial charge in [0.25, 0.3) is 0 Å². The normalized spacial score (nSPS) is 14.7. The topological polar surface area (TPSA) is 26.1 Å². The quantitative estimate of drug-likeness (QED) is 0.532. The van der Waals surface area contributed by atoms with E-state index >= 15 is 0 Å². The number of hydrogen-bond donors (Lipinski definition) is 1. The van der Waals surface area contributed by atoms with Crippen molar-refractivity contribution in [2.45, 2.75) is 0 Å². The summed E-state index contributed by atoms with van der Waals surface area (Å²) in [5.74, 6) is 0. The summed E-state index contributed by atoms with van der Waals surface area (Å²) < 4.78 is 0. The van der Waals surface area contributed by atoms with Gasteiger partial charge in [-0.15, -0.1) is 0 Å². The van der Waals surface area contributed by atoms with E-state index < -0.39 is 0 Å². The Morgan fingerprint density at radius 1 is 1.67 bits per heavy atom. The maximum atomic E-state index is 3.79. The van der Waals surface area contributed by atoms with Crippen LogP contribution < -0.4 is 5.32 Å². The van der Waals surface area contributed by atoms with E-state index in [9.17, 15) is 0 Å². The Morgan fingerprint density at radius 2 is 2.50 bits per heavy atom. The second-order valence-electron chi connectivity index (χ2n) is 0.861. The van der Waals surface area contributed by atoms with Crippen molar-refractivity contribution in [1.29, 1.82) is 0 Å². The van der Waals surface area contributed by atoms with Gasteiger partial charge in [0.15, 0.2) is 0 Å². The van der Waals surface area contributed by atoms with Gasteiger partial charge in [-0.05, 0) is 6.20 Å². The van der Waals surface area contributed by atoms with Gasteiger partial charge in [0, 0.05) is 0 Å². The molecule has 0 aromatic carbocycles. The van der Waals surface area contributed by atoms with Crippen molar-refractivity contribution in [3.05, 3.63) is 17.7 Å². The fourth-order valence-electron chi connectivity index (χ4n) is 0.264. The second-order valence-corrected chi connectivity index (χ2v) is 0.861. The molecule has 0 aliphatic carbocycles. The molecule has 0 bridgehead atoms. The molecule has 0 amide bonds. The number of nitrogens with one attached hydrogen (secondary N) is 1. The minimum Gasteiger partial charge on any atom is -0.673 e. The van der Waals surface area contributed by atoms with Crippen LogP contribution in [0.2, 0.25) is 0 Å².